The molecule has 1 saturated carbocycles. The maximum atomic E-state index is 5.73. The van der Waals surface area contributed by atoms with E-state index in [9.17, 15) is 0 Å². The number of hydrazine groups is 1. The fourth-order valence-electron chi connectivity index (χ4n) is 2.96. The first-order valence-corrected chi connectivity index (χ1v) is 6.70. The summed E-state index contributed by atoms with van der Waals surface area (Å²) in [7, 11) is 0. The lowest BCUT2D eigenvalue weighted by molar-refractivity contribution is 0.353. The second kappa shape index (κ2) is 5.65. The quantitative estimate of drug-likeness (QED) is 0.619. The molecule has 0 aromatic heterocycles. The zero-order valence-electron chi connectivity index (χ0n) is 10.9. The Bertz CT molecular complexity index is 344. The molecule has 0 amide bonds. The number of rotatable bonds is 4. The minimum Gasteiger partial charge on any atom is -0.271 e. The highest BCUT2D eigenvalue weighted by atomic mass is 15.2. The standard InChI is InChI=1S/C15H24N2/c1-11-3-6-13(7-4-11)10-15(17-16)14-8-5-12(2)9-14/h3-4,6-7,12,14-15,17H,5,8-10,16H2,1-2H3. The molecule has 3 N–H and O–H groups in total. The van der Waals surface area contributed by atoms with Crippen LogP contribution in [0.15, 0.2) is 24.3 Å². The van der Waals surface area contributed by atoms with Crippen molar-refractivity contribution in [3.8, 4) is 0 Å². The molecule has 94 valence electrons. The van der Waals surface area contributed by atoms with Gasteiger partial charge in [-0.2, -0.15) is 0 Å². The van der Waals surface area contributed by atoms with Gasteiger partial charge in [0.15, 0.2) is 0 Å². The highest BCUT2D eigenvalue weighted by molar-refractivity contribution is 5.22. The van der Waals surface area contributed by atoms with Crippen LogP contribution in [0.25, 0.3) is 0 Å². The summed E-state index contributed by atoms with van der Waals surface area (Å²) in [5.41, 5.74) is 5.73. The van der Waals surface area contributed by atoms with E-state index in [1.54, 1.807) is 0 Å². The van der Waals surface area contributed by atoms with Gasteiger partial charge < -0.3 is 0 Å². The van der Waals surface area contributed by atoms with Crippen LogP contribution >= 0.6 is 0 Å². The number of hydrogen-bond acceptors (Lipinski definition) is 2. The monoisotopic (exact) mass is 232 g/mol. The zero-order valence-corrected chi connectivity index (χ0v) is 10.9. The third kappa shape index (κ3) is 3.30. The van der Waals surface area contributed by atoms with Crippen molar-refractivity contribution in [2.24, 2.45) is 17.7 Å². The lowest BCUT2D eigenvalue weighted by atomic mass is 9.92. The molecular weight excluding hydrogens is 208 g/mol. The SMILES string of the molecule is Cc1ccc(CC(NN)C2CCC(C)C2)cc1. The summed E-state index contributed by atoms with van der Waals surface area (Å²) in [6.45, 7) is 4.47. The van der Waals surface area contributed by atoms with Crippen LogP contribution in [0.2, 0.25) is 0 Å². The number of benzene rings is 1. The second-order valence-corrected chi connectivity index (χ2v) is 5.64. The van der Waals surface area contributed by atoms with Crippen LogP contribution in [0.3, 0.4) is 0 Å². The molecule has 1 aliphatic carbocycles. The van der Waals surface area contributed by atoms with Gasteiger partial charge in [0, 0.05) is 6.04 Å². The summed E-state index contributed by atoms with van der Waals surface area (Å²) in [6, 6.07) is 9.24. The Labute approximate surface area is 105 Å². The Morgan fingerprint density at radius 3 is 2.53 bits per heavy atom. The molecule has 2 heteroatoms. The average Bonchev–Trinajstić information content (AvgIpc) is 2.75. The number of aryl methyl sites for hydroxylation is 1. The third-order valence-corrected chi connectivity index (χ3v) is 4.09. The molecule has 1 fully saturated rings. The number of nitrogens with one attached hydrogen (secondary N) is 1. The third-order valence-electron chi connectivity index (χ3n) is 4.09. The predicted molar refractivity (Wildman–Crippen MR) is 72.5 cm³/mol. The van der Waals surface area contributed by atoms with Gasteiger partial charge in [-0.1, -0.05) is 43.2 Å². The molecule has 3 atom stereocenters. The molecule has 1 aliphatic rings. The van der Waals surface area contributed by atoms with E-state index >= 15 is 0 Å². The topological polar surface area (TPSA) is 38.0 Å². The van der Waals surface area contributed by atoms with E-state index in [2.05, 4.69) is 43.5 Å². The van der Waals surface area contributed by atoms with E-state index in [0.717, 1.165) is 18.3 Å². The molecule has 1 aromatic carbocycles. The van der Waals surface area contributed by atoms with Crippen molar-refractivity contribution in [3.63, 3.8) is 0 Å². The Balaban J connectivity index is 1.97. The minimum absolute atomic E-state index is 0.433. The summed E-state index contributed by atoms with van der Waals surface area (Å²) in [4.78, 5) is 0. The molecule has 0 spiro atoms. The van der Waals surface area contributed by atoms with Gasteiger partial charge in [0.1, 0.15) is 0 Å². The van der Waals surface area contributed by atoms with Gasteiger partial charge >= 0.3 is 0 Å². The van der Waals surface area contributed by atoms with E-state index in [1.165, 1.54) is 30.4 Å². The van der Waals surface area contributed by atoms with Crippen molar-refractivity contribution in [1.29, 1.82) is 0 Å². The van der Waals surface area contributed by atoms with Gasteiger partial charge in [0.2, 0.25) is 0 Å². The summed E-state index contributed by atoms with van der Waals surface area (Å²) < 4.78 is 0. The summed E-state index contributed by atoms with van der Waals surface area (Å²) in [5, 5.41) is 0. The molecule has 0 aliphatic heterocycles. The van der Waals surface area contributed by atoms with Crippen molar-refractivity contribution in [2.45, 2.75) is 45.6 Å². The van der Waals surface area contributed by atoms with Gasteiger partial charge in [-0.15, -0.1) is 0 Å². The fraction of sp³-hybridized carbons (Fsp3) is 0.600. The van der Waals surface area contributed by atoms with Crippen molar-refractivity contribution in [1.82, 2.24) is 5.43 Å². The molecule has 3 unspecified atom stereocenters. The van der Waals surface area contributed by atoms with Crippen LogP contribution in [0, 0.1) is 18.8 Å². The molecule has 0 heterocycles. The maximum absolute atomic E-state index is 5.73. The zero-order chi connectivity index (χ0) is 12.3. The highest BCUT2D eigenvalue weighted by Crippen LogP contribution is 2.33. The average molecular weight is 232 g/mol. The fourth-order valence-corrected chi connectivity index (χ4v) is 2.96. The number of nitrogens with two attached hydrogens (primary N) is 1. The lowest BCUT2D eigenvalue weighted by Gasteiger charge is -2.23. The molecule has 0 bridgehead atoms. The second-order valence-electron chi connectivity index (χ2n) is 5.64. The molecule has 0 radical (unpaired) electrons. The summed E-state index contributed by atoms with van der Waals surface area (Å²) in [6.07, 6.45) is 5.05. The van der Waals surface area contributed by atoms with E-state index in [0.29, 0.717) is 6.04 Å². The normalized spacial score (nSPS) is 26.1. The molecule has 0 saturated heterocycles. The summed E-state index contributed by atoms with van der Waals surface area (Å²) >= 11 is 0. The van der Waals surface area contributed by atoms with Crippen molar-refractivity contribution in [2.75, 3.05) is 0 Å². The number of hydrogen-bond donors (Lipinski definition) is 2. The lowest BCUT2D eigenvalue weighted by Crippen LogP contribution is -2.41. The van der Waals surface area contributed by atoms with Gasteiger partial charge in [-0.25, -0.2) is 0 Å². The van der Waals surface area contributed by atoms with Gasteiger partial charge in [-0.3, -0.25) is 11.3 Å². The maximum Gasteiger partial charge on any atom is 0.0279 e. The first-order chi connectivity index (χ1) is 8.19. The minimum atomic E-state index is 0.433. The van der Waals surface area contributed by atoms with Crippen LogP contribution < -0.4 is 11.3 Å². The van der Waals surface area contributed by atoms with Crippen LogP contribution in [0.5, 0.6) is 0 Å². The van der Waals surface area contributed by atoms with E-state index in [1.807, 2.05) is 0 Å². The van der Waals surface area contributed by atoms with Crippen LogP contribution in [0.4, 0.5) is 0 Å². The van der Waals surface area contributed by atoms with Gasteiger partial charge in [-0.05, 0) is 43.6 Å². The van der Waals surface area contributed by atoms with Gasteiger partial charge in [0.05, 0.1) is 0 Å². The molecule has 17 heavy (non-hydrogen) atoms. The molecule has 2 rings (SSSR count). The Hall–Kier alpha value is -0.860. The van der Waals surface area contributed by atoms with Gasteiger partial charge in [0.25, 0.3) is 0 Å². The van der Waals surface area contributed by atoms with Crippen molar-refractivity contribution in [3.05, 3.63) is 35.4 Å². The van der Waals surface area contributed by atoms with E-state index < -0.39 is 0 Å². The first-order valence-electron chi connectivity index (χ1n) is 6.70. The van der Waals surface area contributed by atoms with Crippen LogP contribution in [-0.2, 0) is 6.42 Å². The van der Waals surface area contributed by atoms with Crippen molar-refractivity contribution < 1.29 is 0 Å². The smallest absolute Gasteiger partial charge is 0.0279 e. The first kappa shape index (κ1) is 12.6. The molecular formula is C15H24N2. The predicted octanol–water partition coefficient (Wildman–Crippen LogP) is 2.81. The van der Waals surface area contributed by atoms with Crippen molar-refractivity contribution >= 4 is 0 Å². The van der Waals surface area contributed by atoms with E-state index in [4.69, 9.17) is 5.84 Å². The highest BCUT2D eigenvalue weighted by Gasteiger charge is 2.28. The van der Waals surface area contributed by atoms with E-state index in [-0.39, 0.29) is 0 Å². The Morgan fingerprint density at radius 1 is 1.29 bits per heavy atom. The Kier molecular flexibility index (Phi) is 4.19. The van der Waals surface area contributed by atoms with Crippen LogP contribution in [0.1, 0.15) is 37.3 Å². The van der Waals surface area contributed by atoms with Crippen LogP contribution in [-0.4, -0.2) is 6.04 Å². The largest absolute Gasteiger partial charge is 0.271 e. The summed E-state index contributed by atoms with van der Waals surface area (Å²) in [5.74, 6) is 7.34. The molecule has 1 aromatic rings. The Morgan fingerprint density at radius 2 is 2.00 bits per heavy atom. The molecule has 2 nitrogen and oxygen atoms in total.